The number of hydrogen-bond acceptors (Lipinski definition) is 5. The van der Waals surface area contributed by atoms with Gasteiger partial charge < -0.3 is 14.7 Å². The monoisotopic (exact) mass is 466 g/mol. The van der Waals surface area contributed by atoms with Gasteiger partial charge in [0.25, 0.3) is 0 Å². The number of aromatic nitrogens is 3. The largest absolute Gasteiger partial charge is 0.481 e. The third kappa shape index (κ3) is 4.06. The van der Waals surface area contributed by atoms with Crippen molar-refractivity contribution in [2.45, 2.75) is 70.6 Å². The number of fused-ring (bicyclic) bond motifs is 2. The molecule has 4 heterocycles. The fourth-order valence-electron chi connectivity index (χ4n) is 5.62. The standard InChI is InChI=1S/C23H29F3N4O3/c1-22(21(31)32)8-2-9-29(13-22)20-16-12-33-10-7-17(16)27-19-11-18(28-30(19)20)14-3-5-15(6-4-14)23(24,25)26/h11,14-15H,2-10,12-13H2,1H3,(H,31,32)/t14?,15?,22-/m0/s1. The van der Waals surface area contributed by atoms with E-state index in [0.717, 1.165) is 29.2 Å². The summed E-state index contributed by atoms with van der Waals surface area (Å²) >= 11 is 0. The summed E-state index contributed by atoms with van der Waals surface area (Å²) in [4.78, 5) is 18.8. The topological polar surface area (TPSA) is 80.0 Å². The van der Waals surface area contributed by atoms with E-state index >= 15 is 0 Å². The quantitative estimate of drug-likeness (QED) is 0.726. The number of halogens is 3. The summed E-state index contributed by atoms with van der Waals surface area (Å²) in [5.74, 6) is -1.26. The van der Waals surface area contributed by atoms with Gasteiger partial charge in [0.1, 0.15) is 5.82 Å². The van der Waals surface area contributed by atoms with Gasteiger partial charge in [-0.2, -0.15) is 22.8 Å². The molecule has 2 aromatic rings. The summed E-state index contributed by atoms with van der Waals surface area (Å²) in [7, 11) is 0. The van der Waals surface area contributed by atoms with Gasteiger partial charge in [-0.25, -0.2) is 4.98 Å². The molecule has 0 spiro atoms. The van der Waals surface area contributed by atoms with Gasteiger partial charge in [0.15, 0.2) is 5.65 Å². The number of ether oxygens (including phenoxy) is 1. The van der Waals surface area contributed by atoms with Crippen LogP contribution in [0.1, 0.15) is 68.3 Å². The van der Waals surface area contributed by atoms with E-state index in [9.17, 15) is 23.1 Å². The molecule has 0 amide bonds. The number of carboxylic acid groups (broad SMARTS) is 1. The van der Waals surface area contributed by atoms with Crippen LogP contribution in [0.25, 0.3) is 5.65 Å². The van der Waals surface area contributed by atoms with Crippen LogP contribution in [0.2, 0.25) is 0 Å². The third-order valence-electron chi connectivity index (χ3n) is 7.63. The highest BCUT2D eigenvalue weighted by atomic mass is 19.4. The SMILES string of the molecule is C[C@]1(C(=O)O)CCCN(c2c3c(nc4cc(C5CCC(C(F)(F)F)CC5)nn24)CCOC3)C1. The van der Waals surface area contributed by atoms with Gasteiger partial charge in [0.05, 0.1) is 35.9 Å². The van der Waals surface area contributed by atoms with Crippen LogP contribution in [-0.2, 0) is 22.6 Å². The number of carboxylic acids is 1. The molecule has 1 saturated carbocycles. The number of hydrogen-bond donors (Lipinski definition) is 1. The summed E-state index contributed by atoms with van der Waals surface area (Å²) < 4.78 is 46.8. The van der Waals surface area contributed by atoms with Crippen molar-refractivity contribution in [2.24, 2.45) is 11.3 Å². The number of aliphatic carboxylic acids is 1. The van der Waals surface area contributed by atoms with E-state index in [1.807, 2.05) is 6.07 Å². The predicted octanol–water partition coefficient (Wildman–Crippen LogP) is 4.33. The molecule has 1 atom stereocenters. The lowest BCUT2D eigenvalue weighted by Gasteiger charge is -2.40. The van der Waals surface area contributed by atoms with Crippen molar-refractivity contribution < 1.29 is 27.8 Å². The molecule has 2 fully saturated rings. The lowest BCUT2D eigenvalue weighted by atomic mass is 9.80. The summed E-state index contributed by atoms with van der Waals surface area (Å²) in [5.41, 5.74) is 2.44. The van der Waals surface area contributed by atoms with Gasteiger partial charge in [0.2, 0.25) is 0 Å². The van der Waals surface area contributed by atoms with Crippen molar-refractivity contribution in [3.05, 3.63) is 23.0 Å². The van der Waals surface area contributed by atoms with E-state index in [-0.39, 0.29) is 18.8 Å². The fraction of sp³-hybridized carbons (Fsp3) is 0.696. The highest BCUT2D eigenvalue weighted by Crippen LogP contribution is 2.43. The Morgan fingerprint density at radius 1 is 1.27 bits per heavy atom. The molecule has 180 valence electrons. The Morgan fingerprint density at radius 3 is 2.73 bits per heavy atom. The first-order valence-electron chi connectivity index (χ1n) is 11.7. The van der Waals surface area contributed by atoms with Crippen LogP contribution < -0.4 is 4.90 Å². The van der Waals surface area contributed by atoms with Crippen molar-refractivity contribution >= 4 is 17.4 Å². The molecule has 5 rings (SSSR count). The van der Waals surface area contributed by atoms with Crippen molar-refractivity contribution in [3.63, 3.8) is 0 Å². The average molecular weight is 467 g/mol. The molecule has 7 nitrogen and oxygen atoms in total. The van der Waals surface area contributed by atoms with E-state index in [1.54, 1.807) is 11.4 Å². The van der Waals surface area contributed by atoms with Crippen LogP contribution in [0, 0.1) is 11.3 Å². The van der Waals surface area contributed by atoms with Crippen LogP contribution in [0.4, 0.5) is 19.0 Å². The van der Waals surface area contributed by atoms with E-state index < -0.39 is 23.5 Å². The molecule has 2 aromatic heterocycles. The van der Waals surface area contributed by atoms with Crippen LogP contribution in [-0.4, -0.2) is 51.5 Å². The zero-order chi connectivity index (χ0) is 23.4. The molecule has 0 radical (unpaired) electrons. The average Bonchev–Trinajstić information content (AvgIpc) is 3.20. The molecule has 1 aliphatic carbocycles. The summed E-state index contributed by atoms with van der Waals surface area (Å²) in [6.45, 7) is 3.81. The van der Waals surface area contributed by atoms with Gasteiger partial charge in [-0.1, -0.05) is 0 Å². The zero-order valence-corrected chi connectivity index (χ0v) is 18.7. The lowest BCUT2D eigenvalue weighted by molar-refractivity contribution is -0.182. The molecule has 3 aliphatic rings. The van der Waals surface area contributed by atoms with Crippen LogP contribution in [0.5, 0.6) is 0 Å². The summed E-state index contributed by atoms with van der Waals surface area (Å²) in [6, 6.07) is 1.90. The van der Waals surface area contributed by atoms with Crippen molar-refractivity contribution in [2.75, 3.05) is 24.6 Å². The Kier molecular flexibility index (Phi) is 5.54. The van der Waals surface area contributed by atoms with E-state index in [4.69, 9.17) is 14.8 Å². The maximum absolute atomic E-state index is 13.1. The van der Waals surface area contributed by atoms with Gasteiger partial charge in [-0.05, 0) is 45.4 Å². The van der Waals surface area contributed by atoms with Gasteiger partial charge in [-0.15, -0.1) is 0 Å². The van der Waals surface area contributed by atoms with Gasteiger partial charge in [0, 0.05) is 37.1 Å². The summed E-state index contributed by atoms with van der Waals surface area (Å²) in [6.07, 6.45) is -0.968. The molecule has 33 heavy (non-hydrogen) atoms. The Labute approximate surface area is 189 Å². The number of alkyl halides is 3. The highest BCUT2D eigenvalue weighted by molar-refractivity contribution is 5.75. The Morgan fingerprint density at radius 2 is 2.03 bits per heavy atom. The number of piperidine rings is 1. The first kappa shape index (κ1) is 22.4. The molecule has 1 N–H and O–H groups in total. The lowest BCUT2D eigenvalue weighted by Crippen LogP contribution is -2.47. The Hall–Kier alpha value is -2.36. The molecule has 2 aliphatic heterocycles. The predicted molar refractivity (Wildman–Crippen MR) is 114 cm³/mol. The maximum Gasteiger partial charge on any atom is 0.391 e. The van der Waals surface area contributed by atoms with E-state index in [1.165, 1.54) is 0 Å². The second-order valence-corrected chi connectivity index (χ2v) is 9.98. The van der Waals surface area contributed by atoms with Crippen molar-refractivity contribution in [1.82, 2.24) is 14.6 Å². The minimum Gasteiger partial charge on any atom is -0.481 e. The fourth-order valence-corrected chi connectivity index (χ4v) is 5.62. The van der Waals surface area contributed by atoms with E-state index in [0.29, 0.717) is 57.6 Å². The van der Waals surface area contributed by atoms with Crippen molar-refractivity contribution in [3.8, 4) is 0 Å². The number of rotatable bonds is 3. The molecule has 0 unspecified atom stereocenters. The Balaban J connectivity index is 1.52. The van der Waals surface area contributed by atoms with Crippen LogP contribution in [0.15, 0.2) is 6.07 Å². The molecule has 0 bridgehead atoms. The molecular formula is C23H29F3N4O3. The number of anilines is 1. The second-order valence-electron chi connectivity index (χ2n) is 9.98. The highest BCUT2D eigenvalue weighted by Gasteiger charge is 2.42. The van der Waals surface area contributed by atoms with Crippen molar-refractivity contribution in [1.29, 1.82) is 0 Å². The molecule has 1 saturated heterocycles. The molecule has 0 aromatic carbocycles. The van der Waals surface area contributed by atoms with Crippen LogP contribution >= 0.6 is 0 Å². The zero-order valence-electron chi connectivity index (χ0n) is 18.7. The maximum atomic E-state index is 13.1. The first-order valence-corrected chi connectivity index (χ1v) is 11.7. The normalized spacial score (nSPS) is 28.7. The molecular weight excluding hydrogens is 437 g/mol. The number of carbonyl (C=O) groups is 1. The van der Waals surface area contributed by atoms with E-state index in [2.05, 4.69) is 4.90 Å². The number of nitrogens with zero attached hydrogens (tertiary/aromatic N) is 4. The summed E-state index contributed by atoms with van der Waals surface area (Å²) in [5, 5.41) is 14.6. The Bertz CT molecular complexity index is 1060. The first-order chi connectivity index (χ1) is 15.7. The molecule has 10 heteroatoms. The minimum atomic E-state index is -4.14. The van der Waals surface area contributed by atoms with Crippen LogP contribution in [0.3, 0.4) is 0 Å². The van der Waals surface area contributed by atoms with Gasteiger partial charge in [-0.3, -0.25) is 4.79 Å². The third-order valence-corrected chi connectivity index (χ3v) is 7.63. The smallest absolute Gasteiger partial charge is 0.391 e. The second kappa shape index (κ2) is 8.14. The van der Waals surface area contributed by atoms with Gasteiger partial charge >= 0.3 is 12.1 Å². The minimum absolute atomic E-state index is 0.0305.